The van der Waals surface area contributed by atoms with Crippen LogP contribution in [0.15, 0.2) is 42.5 Å². The lowest BCUT2D eigenvalue weighted by atomic mass is 9.81. The Bertz CT molecular complexity index is 985. The first-order chi connectivity index (χ1) is 13.7. The van der Waals surface area contributed by atoms with E-state index in [1.54, 1.807) is 0 Å². The van der Waals surface area contributed by atoms with E-state index in [1.807, 2.05) is 12.1 Å². The summed E-state index contributed by atoms with van der Waals surface area (Å²) in [6.07, 6.45) is 7.38. The van der Waals surface area contributed by atoms with Crippen LogP contribution < -0.4 is 0 Å². The zero-order valence-corrected chi connectivity index (χ0v) is 17.8. The van der Waals surface area contributed by atoms with Crippen LogP contribution in [0.5, 0.6) is 0 Å². The second-order valence-corrected chi connectivity index (χ2v) is 8.39. The Labute approximate surface area is 174 Å². The van der Waals surface area contributed by atoms with Crippen molar-refractivity contribution in [3.8, 4) is 11.3 Å². The van der Waals surface area contributed by atoms with Gasteiger partial charge in [-0.2, -0.15) is 0 Å². The molecular weight excluding hydrogens is 414 g/mol. The molecule has 1 aromatic heterocycles. The largest absolute Gasteiger partial charge is 0.465 e. The van der Waals surface area contributed by atoms with Gasteiger partial charge in [0, 0.05) is 21.8 Å². The molecule has 4 heteroatoms. The number of aromatic amines is 1. The average molecular weight is 440 g/mol. The van der Waals surface area contributed by atoms with Gasteiger partial charge in [-0.05, 0) is 48.4 Å². The summed E-state index contributed by atoms with van der Waals surface area (Å²) >= 11 is 3.59. The smallest absolute Gasteiger partial charge is 0.337 e. The Kier molecular flexibility index (Phi) is 5.86. The lowest BCUT2D eigenvalue weighted by Crippen LogP contribution is -2.06. The number of fused-ring (bicyclic) bond motifs is 1. The summed E-state index contributed by atoms with van der Waals surface area (Å²) in [6.45, 7) is 0. The number of ether oxygens (including phenoxy) is 1. The van der Waals surface area contributed by atoms with Gasteiger partial charge in [-0.25, -0.2) is 4.79 Å². The van der Waals surface area contributed by atoms with Crippen molar-refractivity contribution in [3.63, 3.8) is 0 Å². The number of carbonyl (C=O) groups excluding carboxylic acids is 1. The molecule has 3 nitrogen and oxygen atoms in total. The first-order valence-corrected chi connectivity index (χ1v) is 11.2. The van der Waals surface area contributed by atoms with E-state index in [0.29, 0.717) is 11.5 Å². The number of carbonyl (C=O) groups is 1. The zero-order chi connectivity index (χ0) is 19.5. The number of halogens is 1. The molecule has 1 N–H and O–H groups in total. The number of aromatic nitrogens is 1. The molecule has 0 bridgehead atoms. The molecule has 0 saturated heterocycles. The molecular formula is C24H26BrNO2. The van der Waals surface area contributed by atoms with Crippen LogP contribution in [0.4, 0.5) is 0 Å². The molecule has 2 aromatic carbocycles. The Morgan fingerprint density at radius 1 is 1.14 bits per heavy atom. The number of aryl methyl sites for hydroxylation is 1. The summed E-state index contributed by atoms with van der Waals surface area (Å²) in [4.78, 5) is 15.7. The van der Waals surface area contributed by atoms with Gasteiger partial charge in [-0.3, -0.25) is 0 Å². The minimum atomic E-state index is -0.294. The van der Waals surface area contributed by atoms with Gasteiger partial charge >= 0.3 is 5.97 Å². The minimum Gasteiger partial charge on any atom is -0.465 e. The van der Waals surface area contributed by atoms with E-state index in [2.05, 4.69) is 51.2 Å². The highest BCUT2D eigenvalue weighted by atomic mass is 79.9. The van der Waals surface area contributed by atoms with E-state index in [0.717, 1.165) is 17.3 Å². The van der Waals surface area contributed by atoms with E-state index in [1.165, 1.54) is 67.0 Å². The first kappa shape index (κ1) is 19.3. The van der Waals surface area contributed by atoms with Gasteiger partial charge < -0.3 is 9.72 Å². The van der Waals surface area contributed by atoms with Crippen molar-refractivity contribution in [2.24, 2.45) is 0 Å². The quantitative estimate of drug-likeness (QED) is 0.359. The van der Waals surface area contributed by atoms with Crippen molar-refractivity contribution in [2.45, 2.75) is 44.4 Å². The van der Waals surface area contributed by atoms with Gasteiger partial charge in [0.15, 0.2) is 0 Å². The molecule has 0 amide bonds. The molecule has 0 spiro atoms. The zero-order valence-electron chi connectivity index (χ0n) is 16.3. The van der Waals surface area contributed by atoms with E-state index < -0.39 is 0 Å². The highest BCUT2D eigenvalue weighted by Gasteiger charge is 2.25. The van der Waals surface area contributed by atoms with Gasteiger partial charge in [0.2, 0.25) is 0 Å². The maximum atomic E-state index is 12.0. The fraction of sp³-hybridized carbons (Fsp3) is 0.375. The summed E-state index contributed by atoms with van der Waals surface area (Å²) in [6, 6.07) is 14.6. The van der Waals surface area contributed by atoms with Crippen molar-refractivity contribution < 1.29 is 9.53 Å². The summed E-state index contributed by atoms with van der Waals surface area (Å²) in [5.74, 6) is 0.274. The molecule has 1 aliphatic carbocycles. The molecule has 0 unspecified atom stereocenters. The highest BCUT2D eigenvalue weighted by Crippen LogP contribution is 2.43. The van der Waals surface area contributed by atoms with Gasteiger partial charge in [0.1, 0.15) is 0 Å². The molecule has 1 fully saturated rings. The lowest BCUT2D eigenvalue weighted by molar-refractivity contribution is 0.0601. The molecule has 1 aliphatic rings. The number of rotatable bonds is 5. The predicted molar refractivity (Wildman–Crippen MR) is 118 cm³/mol. The number of hydrogen-bond donors (Lipinski definition) is 1. The normalized spacial score (nSPS) is 15.1. The Morgan fingerprint density at radius 3 is 2.68 bits per heavy atom. The van der Waals surface area contributed by atoms with Gasteiger partial charge in [0.05, 0.1) is 18.4 Å². The average Bonchev–Trinajstić information content (AvgIpc) is 3.13. The van der Waals surface area contributed by atoms with Crippen molar-refractivity contribution >= 4 is 32.8 Å². The van der Waals surface area contributed by atoms with Crippen LogP contribution in [0.2, 0.25) is 0 Å². The molecule has 0 radical (unpaired) electrons. The van der Waals surface area contributed by atoms with Crippen molar-refractivity contribution in [1.82, 2.24) is 4.98 Å². The van der Waals surface area contributed by atoms with Crippen LogP contribution in [-0.4, -0.2) is 23.4 Å². The van der Waals surface area contributed by atoms with Gasteiger partial charge in [-0.15, -0.1) is 0 Å². The topological polar surface area (TPSA) is 42.1 Å². The van der Waals surface area contributed by atoms with Crippen molar-refractivity contribution in [3.05, 3.63) is 59.2 Å². The Hall–Kier alpha value is -2.07. The van der Waals surface area contributed by atoms with Crippen LogP contribution in [0, 0.1) is 0 Å². The minimum absolute atomic E-state index is 0.294. The van der Waals surface area contributed by atoms with Crippen molar-refractivity contribution in [2.75, 3.05) is 12.4 Å². The summed E-state index contributed by atoms with van der Waals surface area (Å²) in [5.41, 5.74) is 6.88. The second kappa shape index (κ2) is 8.52. The number of alkyl halides is 1. The maximum Gasteiger partial charge on any atom is 0.337 e. The Morgan fingerprint density at radius 2 is 1.93 bits per heavy atom. The lowest BCUT2D eigenvalue weighted by Gasteiger charge is -2.23. The van der Waals surface area contributed by atoms with Crippen LogP contribution in [-0.2, 0) is 11.2 Å². The number of nitrogens with one attached hydrogen (secondary N) is 1. The molecule has 0 aliphatic heterocycles. The highest BCUT2D eigenvalue weighted by molar-refractivity contribution is 9.09. The molecule has 1 heterocycles. The summed E-state index contributed by atoms with van der Waals surface area (Å²) in [5, 5.41) is 2.18. The number of H-pyrrole nitrogens is 1. The SMILES string of the molecule is COC(=O)c1ccc2c(C3CCCCC3)c(-c3ccccc3CCBr)[nH]c2c1. The van der Waals surface area contributed by atoms with Crippen LogP contribution in [0.1, 0.15) is 59.5 Å². The number of methoxy groups -OCH3 is 1. The van der Waals surface area contributed by atoms with E-state index in [-0.39, 0.29) is 5.97 Å². The van der Waals surface area contributed by atoms with Crippen molar-refractivity contribution in [1.29, 1.82) is 0 Å². The number of esters is 1. The van der Waals surface area contributed by atoms with Crippen LogP contribution in [0.3, 0.4) is 0 Å². The fourth-order valence-electron chi connectivity index (χ4n) is 4.58. The summed E-state index contributed by atoms with van der Waals surface area (Å²) in [7, 11) is 1.43. The number of hydrogen-bond acceptors (Lipinski definition) is 2. The molecule has 4 rings (SSSR count). The molecule has 28 heavy (non-hydrogen) atoms. The monoisotopic (exact) mass is 439 g/mol. The van der Waals surface area contributed by atoms with E-state index >= 15 is 0 Å². The second-order valence-electron chi connectivity index (χ2n) is 7.60. The molecule has 1 saturated carbocycles. The summed E-state index contributed by atoms with van der Waals surface area (Å²) < 4.78 is 4.92. The van der Waals surface area contributed by atoms with Gasteiger partial charge in [-0.1, -0.05) is 65.5 Å². The van der Waals surface area contributed by atoms with Crippen LogP contribution >= 0.6 is 15.9 Å². The fourth-order valence-corrected chi connectivity index (χ4v) is 5.00. The standard InChI is InChI=1S/C24H26BrNO2/c1-28-24(27)18-11-12-20-21(15-18)26-23(22(20)17-8-3-2-4-9-17)19-10-6-5-7-16(19)13-14-25/h5-7,10-12,15,17,26H,2-4,8-9,13-14H2,1H3. The third kappa shape index (κ3) is 3.62. The molecule has 0 atom stereocenters. The molecule has 3 aromatic rings. The van der Waals surface area contributed by atoms with Gasteiger partial charge in [0.25, 0.3) is 0 Å². The maximum absolute atomic E-state index is 12.0. The van der Waals surface area contributed by atoms with E-state index in [9.17, 15) is 4.79 Å². The third-order valence-corrected chi connectivity index (χ3v) is 6.32. The molecule has 146 valence electrons. The third-order valence-electron chi connectivity index (χ3n) is 5.92. The number of benzene rings is 2. The first-order valence-electron chi connectivity index (χ1n) is 10.1. The van der Waals surface area contributed by atoms with Crippen LogP contribution in [0.25, 0.3) is 22.2 Å². The Balaban J connectivity index is 1.92. The predicted octanol–water partition coefficient (Wildman–Crippen LogP) is 6.61. The van der Waals surface area contributed by atoms with E-state index in [4.69, 9.17) is 4.74 Å².